The fourth-order valence-corrected chi connectivity index (χ4v) is 3.00. The lowest BCUT2D eigenvalue weighted by Crippen LogP contribution is -2.41. The van der Waals surface area contributed by atoms with Gasteiger partial charge in [-0.2, -0.15) is 0 Å². The van der Waals surface area contributed by atoms with Gasteiger partial charge in [-0.25, -0.2) is 0 Å². The van der Waals surface area contributed by atoms with E-state index in [1.165, 1.54) is 0 Å². The summed E-state index contributed by atoms with van der Waals surface area (Å²) in [6.07, 6.45) is 9.98. The molecule has 0 unspecified atom stereocenters. The van der Waals surface area contributed by atoms with Crippen molar-refractivity contribution in [3.8, 4) is 5.75 Å². The van der Waals surface area contributed by atoms with Crippen molar-refractivity contribution in [2.24, 2.45) is 0 Å². The molecule has 0 radical (unpaired) electrons. The number of carbonyl (C=O) groups is 1. The number of aromatic nitrogens is 2. The SMILES string of the molecule is Cc1cccc(C)c1OC1CCN(C(=O)C=Cc2cnccn2)CC1. The first-order valence-electron chi connectivity index (χ1n) is 8.59. The molecule has 1 aliphatic heterocycles. The van der Waals surface area contributed by atoms with E-state index in [1.807, 2.05) is 11.0 Å². The lowest BCUT2D eigenvalue weighted by molar-refractivity contribution is -0.127. The second-order valence-electron chi connectivity index (χ2n) is 6.33. The van der Waals surface area contributed by atoms with Crippen molar-refractivity contribution in [1.29, 1.82) is 0 Å². The minimum absolute atomic E-state index is 0.0103. The van der Waals surface area contributed by atoms with Gasteiger partial charge in [0.15, 0.2) is 0 Å². The van der Waals surface area contributed by atoms with E-state index in [-0.39, 0.29) is 12.0 Å². The van der Waals surface area contributed by atoms with Gasteiger partial charge in [0.1, 0.15) is 11.9 Å². The molecule has 1 fully saturated rings. The Balaban J connectivity index is 1.53. The van der Waals surface area contributed by atoms with Gasteiger partial charge in [-0.3, -0.25) is 14.8 Å². The Morgan fingerprint density at radius 2 is 1.92 bits per heavy atom. The largest absolute Gasteiger partial charge is 0.490 e. The molecule has 2 heterocycles. The molecule has 5 nitrogen and oxygen atoms in total. The molecule has 2 aromatic rings. The molecule has 0 atom stereocenters. The van der Waals surface area contributed by atoms with Crippen molar-refractivity contribution in [2.75, 3.05) is 13.1 Å². The maximum absolute atomic E-state index is 12.3. The number of nitrogens with zero attached hydrogens (tertiary/aromatic N) is 3. The monoisotopic (exact) mass is 337 g/mol. The fourth-order valence-electron chi connectivity index (χ4n) is 3.00. The van der Waals surface area contributed by atoms with Crippen LogP contribution in [0, 0.1) is 13.8 Å². The van der Waals surface area contributed by atoms with Gasteiger partial charge in [0.25, 0.3) is 0 Å². The summed E-state index contributed by atoms with van der Waals surface area (Å²) < 4.78 is 6.20. The van der Waals surface area contributed by atoms with Crippen LogP contribution in [0.4, 0.5) is 0 Å². The Hall–Kier alpha value is -2.69. The number of rotatable bonds is 4. The van der Waals surface area contributed by atoms with Crippen LogP contribution in [0.5, 0.6) is 5.75 Å². The first-order chi connectivity index (χ1) is 12.1. The second kappa shape index (κ2) is 7.92. The number of ether oxygens (including phenoxy) is 1. The molecule has 0 bridgehead atoms. The minimum atomic E-state index is 0.0103. The average Bonchev–Trinajstić information content (AvgIpc) is 2.64. The summed E-state index contributed by atoms with van der Waals surface area (Å²) in [4.78, 5) is 22.3. The average molecular weight is 337 g/mol. The zero-order valence-corrected chi connectivity index (χ0v) is 14.7. The zero-order chi connectivity index (χ0) is 17.6. The third-order valence-corrected chi connectivity index (χ3v) is 4.43. The molecule has 1 aliphatic rings. The van der Waals surface area contributed by atoms with Crippen molar-refractivity contribution in [3.05, 3.63) is 59.7 Å². The van der Waals surface area contributed by atoms with Crippen molar-refractivity contribution in [2.45, 2.75) is 32.8 Å². The van der Waals surface area contributed by atoms with Gasteiger partial charge in [-0.1, -0.05) is 18.2 Å². The van der Waals surface area contributed by atoms with Gasteiger partial charge < -0.3 is 9.64 Å². The standard InChI is InChI=1S/C20H23N3O2/c1-15-4-3-5-16(2)20(15)25-18-8-12-23(13-9-18)19(24)7-6-17-14-21-10-11-22-17/h3-7,10-11,14,18H,8-9,12-13H2,1-2H3. The topological polar surface area (TPSA) is 55.3 Å². The molecule has 130 valence electrons. The van der Waals surface area contributed by atoms with Crippen LogP contribution in [-0.2, 0) is 4.79 Å². The molecule has 1 aromatic heterocycles. The Morgan fingerprint density at radius 1 is 1.20 bits per heavy atom. The van der Waals surface area contributed by atoms with Crippen LogP contribution >= 0.6 is 0 Å². The summed E-state index contributed by atoms with van der Waals surface area (Å²) in [6, 6.07) is 6.18. The molecule has 0 N–H and O–H groups in total. The minimum Gasteiger partial charge on any atom is -0.490 e. The Labute approximate surface area is 148 Å². The molecule has 5 heteroatoms. The maximum atomic E-state index is 12.3. The lowest BCUT2D eigenvalue weighted by Gasteiger charge is -2.32. The number of piperidine rings is 1. The summed E-state index contributed by atoms with van der Waals surface area (Å²) in [5.74, 6) is 0.992. The number of amides is 1. The number of carbonyl (C=O) groups excluding carboxylic acids is 1. The zero-order valence-electron chi connectivity index (χ0n) is 14.7. The van der Waals surface area contributed by atoms with Crippen LogP contribution in [-0.4, -0.2) is 40.0 Å². The summed E-state index contributed by atoms with van der Waals surface area (Å²) in [6.45, 7) is 5.55. The van der Waals surface area contributed by atoms with E-state index in [4.69, 9.17) is 4.74 Å². The highest BCUT2D eigenvalue weighted by atomic mass is 16.5. The third kappa shape index (κ3) is 4.44. The van der Waals surface area contributed by atoms with Crippen molar-refractivity contribution >= 4 is 12.0 Å². The highest BCUT2D eigenvalue weighted by Gasteiger charge is 2.23. The second-order valence-corrected chi connectivity index (χ2v) is 6.33. The summed E-state index contributed by atoms with van der Waals surface area (Å²) >= 11 is 0. The van der Waals surface area contributed by atoms with E-state index >= 15 is 0 Å². The van der Waals surface area contributed by atoms with E-state index in [0.29, 0.717) is 18.8 Å². The van der Waals surface area contributed by atoms with Crippen molar-refractivity contribution < 1.29 is 9.53 Å². The highest BCUT2D eigenvalue weighted by molar-refractivity contribution is 5.91. The predicted molar refractivity (Wildman–Crippen MR) is 97.2 cm³/mol. The fraction of sp³-hybridized carbons (Fsp3) is 0.350. The molecule has 25 heavy (non-hydrogen) atoms. The van der Waals surface area contributed by atoms with Gasteiger partial charge in [-0.05, 0) is 31.1 Å². The van der Waals surface area contributed by atoms with E-state index in [1.54, 1.807) is 30.7 Å². The number of likely N-dealkylation sites (tertiary alicyclic amines) is 1. The predicted octanol–water partition coefficient (Wildman–Crippen LogP) is 3.18. The van der Waals surface area contributed by atoms with Crippen LogP contribution < -0.4 is 4.74 Å². The maximum Gasteiger partial charge on any atom is 0.246 e. The van der Waals surface area contributed by atoms with Gasteiger partial charge in [0.2, 0.25) is 5.91 Å². The quantitative estimate of drug-likeness (QED) is 0.804. The van der Waals surface area contributed by atoms with E-state index in [2.05, 4.69) is 35.9 Å². The van der Waals surface area contributed by atoms with Crippen LogP contribution in [0.2, 0.25) is 0 Å². The molecule has 1 saturated heterocycles. The Morgan fingerprint density at radius 3 is 2.56 bits per heavy atom. The molecule has 1 amide bonds. The first-order valence-corrected chi connectivity index (χ1v) is 8.59. The van der Waals surface area contributed by atoms with E-state index < -0.39 is 0 Å². The van der Waals surface area contributed by atoms with Crippen molar-refractivity contribution in [3.63, 3.8) is 0 Å². The van der Waals surface area contributed by atoms with Gasteiger partial charge >= 0.3 is 0 Å². The number of aryl methyl sites for hydroxylation is 2. The molecule has 3 rings (SSSR count). The number of hydrogen-bond acceptors (Lipinski definition) is 4. The molecular formula is C20H23N3O2. The van der Waals surface area contributed by atoms with Gasteiger partial charge in [0, 0.05) is 44.4 Å². The van der Waals surface area contributed by atoms with Crippen LogP contribution in [0.15, 0.2) is 42.9 Å². The number of hydrogen-bond donors (Lipinski definition) is 0. The highest BCUT2D eigenvalue weighted by Crippen LogP contribution is 2.26. The van der Waals surface area contributed by atoms with Gasteiger partial charge in [0.05, 0.1) is 11.9 Å². The number of benzene rings is 1. The molecule has 0 spiro atoms. The molecule has 0 aliphatic carbocycles. The Kier molecular flexibility index (Phi) is 5.43. The van der Waals surface area contributed by atoms with E-state index in [0.717, 1.165) is 29.7 Å². The lowest BCUT2D eigenvalue weighted by atomic mass is 10.1. The summed E-state index contributed by atoms with van der Waals surface area (Å²) in [5, 5.41) is 0. The molecule has 0 saturated carbocycles. The number of para-hydroxylation sites is 1. The van der Waals surface area contributed by atoms with Crippen LogP contribution in [0.25, 0.3) is 6.08 Å². The van der Waals surface area contributed by atoms with E-state index in [9.17, 15) is 4.79 Å². The third-order valence-electron chi connectivity index (χ3n) is 4.43. The van der Waals surface area contributed by atoms with Crippen LogP contribution in [0.1, 0.15) is 29.7 Å². The van der Waals surface area contributed by atoms with Crippen LogP contribution in [0.3, 0.4) is 0 Å². The normalized spacial score (nSPS) is 15.5. The van der Waals surface area contributed by atoms with Gasteiger partial charge in [-0.15, -0.1) is 0 Å². The Bertz CT molecular complexity index is 731. The van der Waals surface area contributed by atoms with Crippen molar-refractivity contribution in [1.82, 2.24) is 14.9 Å². The first kappa shape index (κ1) is 17.1. The molecule has 1 aromatic carbocycles. The summed E-state index contributed by atoms with van der Waals surface area (Å²) in [7, 11) is 0. The smallest absolute Gasteiger partial charge is 0.246 e. The molecular weight excluding hydrogens is 314 g/mol. The summed E-state index contributed by atoms with van der Waals surface area (Å²) in [5.41, 5.74) is 3.00.